The standard InChI is InChI=1S/C18H20N2O3/c1-12-4-10-17(11-5-12)23-13(2)18(22)20-16-8-6-15(7-9-16)19-14(3)21/h4-11,13H,1-3H3,(H,19,21)(H,20,22). The predicted molar refractivity (Wildman–Crippen MR) is 90.6 cm³/mol. The van der Waals surface area contributed by atoms with Crippen molar-refractivity contribution in [2.45, 2.75) is 26.9 Å². The summed E-state index contributed by atoms with van der Waals surface area (Å²) in [5, 5.41) is 5.45. The highest BCUT2D eigenvalue weighted by atomic mass is 16.5. The van der Waals surface area contributed by atoms with Crippen LogP contribution in [-0.2, 0) is 9.59 Å². The van der Waals surface area contributed by atoms with E-state index in [1.54, 1.807) is 31.2 Å². The Kier molecular flexibility index (Phi) is 5.36. The van der Waals surface area contributed by atoms with E-state index in [0.717, 1.165) is 5.56 Å². The molecule has 2 N–H and O–H groups in total. The number of amides is 2. The highest BCUT2D eigenvalue weighted by molar-refractivity contribution is 5.94. The second kappa shape index (κ2) is 7.45. The Morgan fingerprint density at radius 2 is 1.43 bits per heavy atom. The van der Waals surface area contributed by atoms with Gasteiger partial charge >= 0.3 is 0 Å². The molecule has 0 aliphatic carbocycles. The van der Waals surface area contributed by atoms with Gasteiger partial charge in [0.2, 0.25) is 5.91 Å². The van der Waals surface area contributed by atoms with Crippen molar-refractivity contribution in [3.8, 4) is 5.75 Å². The van der Waals surface area contributed by atoms with E-state index in [2.05, 4.69) is 10.6 Å². The second-order valence-corrected chi connectivity index (χ2v) is 5.32. The van der Waals surface area contributed by atoms with Crippen LogP contribution in [0.3, 0.4) is 0 Å². The maximum Gasteiger partial charge on any atom is 0.265 e. The molecule has 5 heteroatoms. The van der Waals surface area contributed by atoms with Gasteiger partial charge < -0.3 is 15.4 Å². The van der Waals surface area contributed by atoms with Gasteiger partial charge in [-0.25, -0.2) is 0 Å². The average molecular weight is 312 g/mol. The van der Waals surface area contributed by atoms with E-state index in [1.807, 2.05) is 31.2 Å². The van der Waals surface area contributed by atoms with Crippen molar-refractivity contribution in [1.29, 1.82) is 0 Å². The fourth-order valence-electron chi connectivity index (χ4n) is 1.96. The molecule has 2 aromatic carbocycles. The number of aryl methyl sites for hydroxylation is 1. The molecule has 0 spiro atoms. The number of anilines is 2. The smallest absolute Gasteiger partial charge is 0.265 e. The topological polar surface area (TPSA) is 67.4 Å². The summed E-state index contributed by atoms with van der Waals surface area (Å²) in [5.41, 5.74) is 2.46. The highest BCUT2D eigenvalue weighted by Gasteiger charge is 2.14. The Balaban J connectivity index is 1.92. The predicted octanol–water partition coefficient (Wildman–Crippen LogP) is 3.36. The molecule has 23 heavy (non-hydrogen) atoms. The van der Waals surface area contributed by atoms with Crippen molar-refractivity contribution in [2.75, 3.05) is 10.6 Å². The van der Waals surface area contributed by atoms with Gasteiger partial charge in [-0.3, -0.25) is 9.59 Å². The maximum absolute atomic E-state index is 12.1. The third-order valence-corrected chi connectivity index (χ3v) is 3.18. The summed E-state index contributed by atoms with van der Waals surface area (Å²) in [6.45, 7) is 5.13. The molecule has 0 saturated carbocycles. The van der Waals surface area contributed by atoms with Gasteiger partial charge in [-0.05, 0) is 50.2 Å². The van der Waals surface area contributed by atoms with Crippen molar-refractivity contribution in [3.05, 3.63) is 54.1 Å². The lowest BCUT2D eigenvalue weighted by atomic mass is 10.2. The SMILES string of the molecule is CC(=O)Nc1ccc(NC(=O)C(C)Oc2ccc(C)cc2)cc1. The highest BCUT2D eigenvalue weighted by Crippen LogP contribution is 2.16. The Morgan fingerprint density at radius 3 is 1.96 bits per heavy atom. The Hall–Kier alpha value is -2.82. The van der Waals surface area contributed by atoms with Crippen molar-refractivity contribution in [1.82, 2.24) is 0 Å². The molecule has 5 nitrogen and oxygen atoms in total. The number of benzene rings is 2. The van der Waals surface area contributed by atoms with Crippen LogP contribution in [0, 0.1) is 6.92 Å². The largest absolute Gasteiger partial charge is 0.481 e. The molecule has 1 unspecified atom stereocenters. The van der Waals surface area contributed by atoms with E-state index in [1.165, 1.54) is 6.92 Å². The molecular formula is C18H20N2O3. The van der Waals surface area contributed by atoms with Gasteiger partial charge in [0.25, 0.3) is 5.91 Å². The normalized spacial score (nSPS) is 11.4. The number of carbonyl (C=O) groups is 2. The minimum absolute atomic E-state index is 0.137. The van der Waals surface area contributed by atoms with Crippen LogP contribution in [0.1, 0.15) is 19.4 Å². The summed E-state index contributed by atoms with van der Waals surface area (Å²) < 4.78 is 5.61. The summed E-state index contributed by atoms with van der Waals surface area (Å²) >= 11 is 0. The molecule has 2 aromatic rings. The molecule has 0 heterocycles. The zero-order valence-electron chi connectivity index (χ0n) is 13.4. The number of hydrogen-bond donors (Lipinski definition) is 2. The first-order valence-electron chi connectivity index (χ1n) is 7.36. The van der Waals surface area contributed by atoms with Crippen LogP contribution in [-0.4, -0.2) is 17.9 Å². The number of hydrogen-bond acceptors (Lipinski definition) is 3. The molecule has 2 rings (SSSR count). The van der Waals surface area contributed by atoms with Crippen LogP contribution < -0.4 is 15.4 Å². The zero-order chi connectivity index (χ0) is 16.8. The lowest BCUT2D eigenvalue weighted by Gasteiger charge is -2.15. The van der Waals surface area contributed by atoms with Crippen molar-refractivity contribution < 1.29 is 14.3 Å². The zero-order valence-corrected chi connectivity index (χ0v) is 13.4. The van der Waals surface area contributed by atoms with Crippen molar-refractivity contribution >= 4 is 23.2 Å². The molecule has 1 atom stereocenters. The monoisotopic (exact) mass is 312 g/mol. The third-order valence-electron chi connectivity index (χ3n) is 3.18. The van der Waals surface area contributed by atoms with E-state index in [9.17, 15) is 9.59 Å². The Morgan fingerprint density at radius 1 is 0.913 bits per heavy atom. The fraction of sp³-hybridized carbons (Fsp3) is 0.222. The first kappa shape index (κ1) is 16.5. The molecule has 0 radical (unpaired) electrons. The van der Waals surface area contributed by atoms with Gasteiger partial charge in [0.15, 0.2) is 6.10 Å². The summed E-state index contributed by atoms with van der Waals surface area (Å²) in [6, 6.07) is 14.4. The quantitative estimate of drug-likeness (QED) is 0.889. The van der Waals surface area contributed by atoms with E-state index in [-0.39, 0.29) is 11.8 Å². The lowest BCUT2D eigenvalue weighted by Crippen LogP contribution is -2.30. The third kappa shape index (κ3) is 5.14. The van der Waals surface area contributed by atoms with Gasteiger partial charge in [0.05, 0.1) is 0 Å². The van der Waals surface area contributed by atoms with E-state index in [0.29, 0.717) is 17.1 Å². The molecule has 0 aliphatic rings. The molecule has 0 saturated heterocycles. The molecular weight excluding hydrogens is 292 g/mol. The van der Waals surface area contributed by atoms with Crippen molar-refractivity contribution in [2.24, 2.45) is 0 Å². The minimum Gasteiger partial charge on any atom is -0.481 e. The summed E-state index contributed by atoms with van der Waals surface area (Å²) in [4.78, 5) is 23.1. The maximum atomic E-state index is 12.1. The molecule has 0 fully saturated rings. The Bertz CT molecular complexity index is 678. The molecule has 2 amide bonds. The van der Waals surface area contributed by atoms with E-state index >= 15 is 0 Å². The fourth-order valence-corrected chi connectivity index (χ4v) is 1.96. The van der Waals surface area contributed by atoms with E-state index in [4.69, 9.17) is 4.74 Å². The Labute approximate surface area is 135 Å². The molecule has 120 valence electrons. The molecule has 0 aliphatic heterocycles. The first-order chi connectivity index (χ1) is 10.9. The van der Waals surface area contributed by atoms with Crippen LogP contribution in [0.5, 0.6) is 5.75 Å². The number of nitrogens with one attached hydrogen (secondary N) is 2. The summed E-state index contributed by atoms with van der Waals surface area (Å²) in [5.74, 6) is 0.277. The lowest BCUT2D eigenvalue weighted by molar-refractivity contribution is -0.122. The van der Waals surface area contributed by atoms with Gasteiger partial charge in [-0.1, -0.05) is 17.7 Å². The minimum atomic E-state index is -0.618. The van der Waals surface area contributed by atoms with E-state index < -0.39 is 6.10 Å². The number of carbonyl (C=O) groups excluding carboxylic acids is 2. The van der Waals surface area contributed by atoms with Crippen LogP contribution in [0.4, 0.5) is 11.4 Å². The molecule has 0 bridgehead atoms. The molecule has 0 aromatic heterocycles. The number of rotatable bonds is 5. The average Bonchev–Trinajstić information content (AvgIpc) is 2.51. The summed E-state index contributed by atoms with van der Waals surface area (Å²) in [6.07, 6.45) is -0.618. The van der Waals surface area contributed by atoms with Crippen LogP contribution in [0.2, 0.25) is 0 Å². The van der Waals surface area contributed by atoms with Crippen LogP contribution in [0.15, 0.2) is 48.5 Å². The summed E-state index contributed by atoms with van der Waals surface area (Å²) in [7, 11) is 0. The van der Waals surface area contributed by atoms with Crippen molar-refractivity contribution in [3.63, 3.8) is 0 Å². The van der Waals surface area contributed by atoms with Gasteiger partial charge in [0, 0.05) is 18.3 Å². The second-order valence-electron chi connectivity index (χ2n) is 5.32. The van der Waals surface area contributed by atoms with Gasteiger partial charge in [0.1, 0.15) is 5.75 Å². The van der Waals surface area contributed by atoms with Gasteiger partial charge in [-0.15, -0.1) is 0 Å². The number of ether oxygens (including phenoxy) is 1. The first-order valence-corrected chi connectivity index (χ1v) is 7.36. The van der Waals surface area contributed by atoms with Crippen LogP contribution >= 0.6 is 0 Å². The van der Waals surface area contributed by atoms with Crippen LogP contribution in [0.25, 0.3) is 0 Å². The van der Waals surface area contributed by atoms with Gasteiger partial charge in [-0.2, -0.15) is 0 Å².